The molecular formula is C43H74O20. The van der Waals surface area contributed by atoms with Crippen molar-refractivity contribution in [2.24, 2.45) is 5.92 Å². The van der Waals surface area contributed by atoms with Gasteiger partial charge in [-0.15, -0.1) is 0 Å². The first-order valence-electron chi connectivity index (χ1n) is 22.9. The molecular weight excluding hydrogens is 836 g/mol. The Morgan fingerprint density at radius 2 is 1.14 bits per heavy atom. The summed E-state index contributed by atoms with van der Waals surface area (Å²) in [6.45, 7) is 10.8. The van der Waals surface area contributed by atoms with Crippen LogP contribution in [-0.2, 0) is 57.0 Å². The summed E-state index contributed by atoms with van der Waals surface area (Å²) < 4.78 is 61.7. The predicted octanol–water partition coefficient (Wildman–Crippen LogP) is 0.198. The molecule has 8 N–H and O–H groups in total. The van der Waals surface area contributed by atoms with Crippen molar-refractivity contribution in [3.05, 3.63) is 0 Å². The second-order valence-corrected chi connectivity index (χ2v) is 18.0. The molecule has 5 rings (SSSR count). The van der Waals surface area contributed by atoms with Gasteiger partial charge in [0.25, 0.3) is 0 Å². The van der Waals surface area contributed by atoms with Gasteiger partial charge in [-0.3, -0.25) is 9.59 Å². The number of aliphatic hydroxyl groups is 8. The van der Waals surface area contributed by atoms with Crippen LogP contribution >= 0.6 is 0 Å². The standard InChI is InChI=1S/C43H74O20/c1-8-16-25-17-14-12-10-9-11-13-15-18-26(45)59-37-34(60-39(53)19(2)20(3)44)29(48)23(6)56-42(37)61-35-30(49)24(7)57-43(62-36-32(51)28(47)22(5)55-41(36)58-25)38(35)63-40-33(52)31(50)27(46)21(4)54-40/h19-25,27-38,40-44,46-52H,8-18H2,1-7H3/t19-,20+,21+,22-,23-,24-,25-,27+,28-,29-,30-,31-,32+,33-,34+,35+,36-,37-,38-,40+,41+,42+,43+/m1/s1. The molecule has 5 aliphatic rings. The van der Waals surface area contributed by atoms with Gasteiger partial charge >= 0.3 is 11.9 Å². The molecule has 0 unspecified atom stereocenters. The predicted molar refractivity (Wildman–Crippen MR) is 216 cm³/mol. The lowest BCUT2D eigenvalue weighted by molar-refractivity contribution is -0.406. The lowest BCUT2D eigenvalue weighted by Crippen LogP contribution is -2.68. The lowest BCUT2D eigenvalue weighted by atomic mass is 9.95. The van der Waals surface area contributed by atoms with E-state index >= 15 is 0 Å². The summed E-state index contributed by atoms with van der Waals surface area (Å²) in [4.78, 5) is 26.9. The molecule has 0 radical (unpaired) electrons. The van der Waals surface area contributed by atoms with Gasteiger partial charge in [-0.1, -0.05) is 51.9 Å². The van der Waals surface area contributed by atoms with Crippen LogP contribution in [0.4, 0.5) is 0 Å². The van der Waals surface area contributed by atoms with E-state index in [1.54, 1.807) is 6.92 Å². The number of hydrogen-bond donors (Lipinski definition) is 8. The summed E-state index contributed by atoms with van der Waals surface area (Å²) >= 11 is 0. The van der Waals surface area contributed by atoms with Crippen molar-refractivity contribution in [1.29, 1.82) is 0 Å². The first kappa shape index (κ1) is 52.3. The van der Waals surface area contributed by atoms with Crippen molar-refractivity contribution in [2.45, 2.75) is 254 Å². The number of ether oxygens (including phenoxy) is 10. The van der Waals surface area contributed by atoms with Crippen LogP contribution in [0.1, 0.15) is 119 Å². The molecule has 63 heavy (non-hydrogen) atoms. The molecule has 23 atom stereocenters. The van der Waals surface area contributed by atoms with Crippen LogP contribution in [0.15, 0.2) is 0 Å². The van der Waals surface area contributed by atoms with E-state index in [0.717, 1.165) is 44.9 Å². The largest absolute Gasteiger partial charge is 0.455 e. The average Bonchev–Trinajstić information content (AvgIpc) is 3.23. The topological polar surface area (TPSA) is 288 Å². The van der Waals surface area contributed by atoms with Gasteiger partial charge in [0.2, 0.25) is 0 Å². The molecule has 0 aromatic heterocycles. The van der Waals surface area contributed by atoms with Gasteiger partial charge in [0.1, 0.15) is 61.0 Å². The number of carbonyl (C=O) groups is 2. The van der Waals surface area contributed by atoms with E-state index in [-0.39, 0.29) is 12.5 Å². The molecule has 0 amide bonds. The van der Waals surface area contributed by atoms with Crippen molar-refractivity contribution in [2.75, 3.05) is 0 Å². The van der Waals surface area contributed by atoms with Gasteiger partial charge < -0.3 is 88.2 Å². The van der Waals surface area contributed by atoms with Gasteiger partial charge in [0, 0.05) is 6.42 Å². The van der Waals surface area contributed by atoms with Crippen molar-refractivity contribution in [1.82, 2.24) is 0 Å². The Balaban J connectivity index is 1.58. The van der Waals surface area contributed by atoms with E-state index in [4.69, 9.17) is 47.4 Å². The third-order valence-corrected chi connectivity index (χ3v) is 12.9. The van der Waals surface area contributed by atoms with E-state index in [9.17, 15) is 50.4 Å². The number of carbonyl (C=O) groups excluding carboxylic acids is 2. The van der Waals surface area contributed by atoms with E-state index < -0.39 is 147 Å². The van der Waals surface area contributed by atoms with Crippen LogP contribution in [0.5, 0.6) is 0 Å². The highest BCUT2D eigenvalue weighted by atomic mass is 16.8. The minimum absolute atomic E-state index is 0.0328. The van der Waals surface area contributed by atoms with Crippen LogP contribution in [-0.4, -0.2) is 188 Å². The summed E-state index contributed by atoms with van der Waals surface area (Å²) in [6, 6.07) is 0. The van der Waals surface area contributed by atoms with Gasteiger partial charge in [-0.25, -0.2) is 0 Å². The maximum atomic E-state index is 13.6. The van der Waals surface area contributed by atoms with Gasteiger partial charge in [0.15, 0.2) is 37.4 Å². The number of esters is 2. The highest BCUT2D eigenvalue weighted by molar-refractivity contribution is 5.73. The minimum atomic E-state index is -1.87. The van der Waals surface area contributed by atoms with Crippen molar-refractivity contribution in [3.8, 4) is 0 Å². The average molecular weight is 911 g/mol. The van der Waals surface area contributed by atoms with E-state index in [1.165, 1.54) is 34.6 Å². The van der Waals surface area contributed by atoms with Gasteiger partial charge in [-0.2, -0.15) is 0 Å². The second-order valence-electron chi connectivity index (χ2n) is 18.0. The molecule has 5 fully saturated rings. The third kappa shape index (κ3) is 13.1. The number of fused-ring (bicyclic) bond motifs is 4. The van der Waals surface area contributed by atoms with Crippen LogP contribution in [0.25, 0.3) is 0 Å². The van der Waals surface area contributed by atoms with Crippen LogP contribution in [0, 0.1) is 5.92 Å². The molecule has 20 heteroatoms. The smallest absolute Gasteiger partial charge is 0.311 e. The first-order chi connectivity index (χ1) is 29.8. The fraction of sp³-hybridized carbons (Fsp3) is 0.953. The monoisotopic (exact) mass is 910 g/mol. The molecule has 0 aliphatic carbocycles. The van der Waals surface area contributed by atoms with Gasteiger partial charge in [0.05, 0.1) is 42.5 Å². The van der Waals surface area contributed by atoms with Crippen LogP contribution in [0.3, 0.4) is 0 Å². The van der Waals surface area contributed by atoms with Crippen LogP contribution in [0.2, 0.25) is 0 Å². The molecule has 2 bridgehead atoms. The Bertz CT molecular complexity index is 1410. The lowest BCUT2D eigenvalue weighted by Gasteiger charge is -2.50. The van der Waals surface area contributed by atoms with Gasteiger partial charge in [-0.05, 0) is 60.8 Å². The number of rotatable bonds is 7. The van der Waals surface area contributed by atoms with Crippen molar-refractivity contribution >= 4 is 11.9 Å². The Morgan fingerprint density at radius 3 is 1.79 bits per heavy atom. The molecule has 0 spiro atoms. The maximum absolute atomic E-state index is 13.6. The molecule has 5 heterocycles. The van der Waals surface area contributed by atoms with Crippen molar-refractivity contribution in [3.63, 3.8) is 0 Å². The summed E-state index contributed by atoms with van der Waals surface area (Å²) in [7, 11) is 0. The molecule has 0 aromatic carbocycles. The zero-order valence-corrected chi connectivity index (χ0v) is 37.5. The first-order valence-corrected chi connectivity index (χ1v) is 22.9. The highest BCUT2D eigenvalue weighted by Gasteiger charge is 2.57. The summed E-state index contributed by atoms with van der Waals surface area (Å²) in [6.07, 6.45) is -23.7. The molecule has 366 valence electrons. The SMILES string of the molecule is CCC[C@@H]1CCCCCCCCCC(=O)O[C@H]2[C@H](O[C@H]3[C@H](O)[C@@H](C)O[C@@H](O[C@H]4[C@H](O1)O[C@H](C)[C@@H](O)[C@@H]4O)[C@@H]3O[C@@H]1O[C@@H](C)[C@H](O)[C@@H](O)[C@H]1O)O[C@H](C)[C@@H](O)[C@@H]2OC(=O)[C@H](C)[C@H](C)O. The van der Waals surface area contributed by atoms with E-state index in [0.29, 0.717) is 19.3 Å². The normalized spacial score (nSPS) is 46.4. The molecule has 20 nitrogen and oxygen atoms in total. The minimum Gasteiger partial charge on any atom is -0.455 e. The molecule has 0 saturated carbocycles. The van der Waals surface area contributed by atoms with E-state index in [2.05, 4.69) is 0 Å². The number of aliphatic hydroxyl groups excluding tert-OH is 8. The molecule has 0 aromatic rings. The Labute approximate surface area is 369 Å². The Morgan fingerprint density at radius 1 is 0.603 bits per heavy atom. The highest BCUT2D eigenvalue weighted by Crippen LogP contribution is 2.38. The quantitative estimate of drug-likeness (QED) is 0.158. The fourth-order valence-electron chi connectivity index (χ4n) is 8.56. The zero-order chi connectivity index (χ0) is 46.3. The summed E-state index contributed by atoms with van der Waals surface area (Å²) in [5, 5.41) is 88.5. The Hall–Kier alpha value is -1.70. The Kier molecular flexibility index (Phi) is 19.8. The summed E-state index contributed by atoms with van der Waals surface area (Å²) in [5.41, 5.74) is 0. The van der Waals surface area contributed by atoms with Crippen molar-refractivity contribution < 1.29 is 97.8 Å². The second kappa shape index (κ2) is 23.8. The fourth-order valence-corrected chi connectivity index (χ4v) is 8.56. The van der Waals surface area contributed by atoms with E-state index in [1.807, 2.05) is 6.92 Å². The maximum Gasteiger partial charge on any atom is 0.311 e. The van der Waals surface area contributed by atoms with Crippen LogP contribution < -0.4 is 0 Å². The molecule has 5 saturated heterocycles. The number of hydrogen-bond acceptors (Lipinski definition) is 20. The third-order valence-electron chi connectivity index (χ3n) is 12.9. The zero-order valence-electron chi connectivity index (χ0n) is 37.5. The molecule has 5 aliphatic heterocycles. The summed E-state index contributed by atoms with van der Waals surface area (Å²) in [5.74, 6) is -2.68.